The van der Waals surface area contributed by atoms with Gasteiger partial charge >= 0.3 is 0 Å². The minimum Gasteiger partial charge on any atom is -0.368 e. The first-order chi connectivity index (χ1) is 10.2. The van der Waals surface area contributed by atoms with Crippen LogP contribution in [0.2, 0.25) is 0 Å². The molecule has 0 saturated heterocycles. The summed E-state index contributed by atoms with van der Waals surface area (Å²) in [6.07, 6.45) is 3.30. The summed E-state index contributed by atoms with van der Waals surface area (Å²) < 4.78 is 0. The van der Waals surface area contributed by atoms with Crippen LogP contribution in [0.15, 0.2) is 30.7 Å². The number of nitrogen functional groups attached to an aromatic ring is 1. The maximum absolute atomic E-state index is 12.6. The Morgan fingerprint density at radius 1 is 1.29 bits per heavy atom. The molecule has 0 saturated carbocycles. The molecule has 1 amide bonds. The van der Waals surface area contributed by atoms with Gasteiger partial charge in [-0.05, 0) is 18.2 Å². The number of nitrogens with zero attached hydrogens (tertiary/aromatic N) is 4. The van der Waals surface area contributed by atoms with Crippen LogP contribution >= 0.6 is 0 Å². The molecule has 0 unspecified atom stereocenters. The summed E-state index contributed by atoms with van der Waals surface area (Å²) in [5, 5.41) is 0. The number of carbonyl (C=O) groups excluding carboxylic acids is 1. The van der Waals surface area contributed by atoms with Crippen LogP contribution in [-0.4, -0.2) is 30.7 Å². The van der Waals surface area contributed by atoms with E-state index in [0.717, 1.165) is 22.3 Å². The molecule has 1 aliphatic heterocycles. The summed E-state index contributed by atoms with van der Waals surface area (Å²) in [4.78, 5) is 29.6. The third-order valence-corrected chi connectivity index (χ3v) is 3.63. The molecule has 1 aromatic carbocycles. The normalized spacial score (nSPS) is 13.6. The number of hydrogen-bond acceptors (Lipinski definition) is 5. The van der Waals surface area contributed by atoms with E-state index in [-0.39, 0.29) is 11.9 Å². The van der Waals surface area contributed by atoms with Crippen molar-refractivity contribution in [1.82, 2.24) is 24.8 Å². The Balaban J connectivity index is 1.64. The highest BCUT2D eigenvalue weighted by Crippen LogP contribution is 2.23. The van der Waals surface area contributed by atoms with Gasteiger partial charge in [0, 0.05) is 23.9 Å². The maximum atomic E-state index is 12.6. The molecule has 0 aliphatic carbocycles. The number of anilines is 1. The third kappa shape index (κ3) is 1.90. The fraction of sp³-hybridized carbons (Fsp3) is 0.143. The molecule has 7 heteroatoms. The van der Waals surface area contributed by atoms with Crippen molar-refractivity contribution in [3.63, 3.8) is 0 Å². The number of nitrogens with one attached hydrogen (secondary N) is 1. The van der Waals surface area contributed by atoms with Gasteiger partial charge in [-0.1, -0.05) is 0 Å². The Morgan fingerprint density at radius 3 is 3.10 bits per heavy atom. The largest absolute Gasteiger partial charge is 0.368 e. The number of imidazole rings is 1. The number of fused-ring (bicyclic) bond motifs is 2. The number of hydrogen-bond donors (Lipinski definition) is 2. The smallest absolute Gasteiger partial charge is 0.254 e. The lowest BCUT2D eigenvalue weighted by Gasteiger charge is -2.14. The number of benzene rings is 1. The van der Waals surface area contributed by atoms with Gasteiger partial charge in [0.2, 0.25) is 5.95 Å². The van der Waals surface area contributed by atoms with E-state index < -0.39 is 0 Å². The zero-order valence-corrected chi connectivity index (χ0v) is 11.1. The van der Waals surface area contributed by atoms with E-state index in [1.807, 2.05) is 12.1 Å². The van der Waals surface area contributed by atoms with Crippen LogP contribution in [0.25, 0.3) is 11.0 Å². The first-order valence-corrected chi connectivity index (χ1v) is 6.53. The van der Waals surface area contributed by atoms with Gasteiger partial charge in [0.25, 0.3) is 5.91 Å². The molecule has 0 bridgehead atoms. The highest BCUT2D eigenvalue weighted by atomic mass is 16.2. The highest BCUT2D eigenvalue weighted by molar-refractivity contribution is 5.97. The molecule has 21 heavy (non-hydrogen) atoms. The Morgan fingerprint density at radius 2 is 2.19 bits per heavy atom. The second-order valence-corrected chi connectivity index (χ2v) is 5.00. The van der Waals surface area contributed by atoms with Crippen LogP contribution in [-0.2, 0) is 13.1 Å². The van der Waals surface area contributed by atoms with Crippen molar-refractivity contribution in [2.45, 2.75) is 13.1 Å². The Bertz CT molecular complexity index is 856. The predicted octanol–water partition coefficient (Wildman–Crippen LogP) is 1.09. The van der Waals surface area contributed by atoms with E-state index in [4.69, 9.17) is 5.73 Å². The standard InChI is InChI=1S/C14H12N6O/c15-14-16-4-9-5-20(6-12(9)19-14)13(21)8-1-2-10-11(3-8)18-7-17-10/h1-4,7H,5-6H2,(H,17,18)(H2,15,16,19). The molecule has 2 aromatic heterocycles. The van der Waals surface area contributed by atoms with Crippen LogP contribution in [0.5, 0.6) is 0 Å². The predicted molar refractivity (Wildman–Crippen MR) is 76.1 cm³/mol. The number of H-pyrrole nitrogens is 1. The van der Waals surface area contributed by atoms with Crippen molar-refractivity contribution >= 4 is 22.9 Å². The molecular formula is C14H12N6O. The van der Waals surface area contributed by atoms with E-state index in [1.54, 1.807) is 23.5 Å². The van der Waals surface area contributed by atoms with E-state index in [1.165, 1.54) is 0 Å². The first-order valence-electron chi connectivity index (χ1n) is 6.53. The molecule has 1 aliphatic rings. The quantitative estimate of drug-likeness (QED) is 0.695. The van der Waals surface area contributed by atoms with Crippen LogP contribution in [0.4, 0.5) is 5.95 Å². The molecule has 4 rings (SSSR count). The lowest BCUT2D eigenvalue weighted by molar-refractivity contribution is 0.0750. The van der Waals surface area contributed by atoms with E-state index in [2.05, 4.69) is 19.9 Å². The van der Waals surface area contributed by atoms with E-state index in [9.17, 15) is 4.79 Å². The number of amides is 1. The lowest BCUT2D eigenvalue weighted by Crippen LogP contribution is -2.25. The van der Waals surface area contributed by atoms with Gasteiger partial charge in [0.1, 0.15) is 0 Å². The van der Waals surface area contributed by atoms with Gasteiger partial charge < -0.3 is 15.6 Å². The minimum absolute atomic E-state index is 0.0388. The van der Waals surface area contributed by atoms with Crippen molar-refractivity contribution in [3.05, 3.63) is 47.5 Å². The zero-order chi connectivity index (χ0) is 14.4. The van der Waals surface area contributed by atoms with Gasteiger partial charge in [-0.3, -0.25) is 4.79 Å². The van der Waals surface area contributed by atoms with E-state index in [0.29, 0.717) is 18.7 Å². The Labute approximate surface area is 119 Å². The van der Waals surface area contributed by atoms with Gasteiger partial charge in [-0.15, -0.1) is 0 Å². The second-order valence-electron chi connectivity index (χ2n) is 5.00. The number of aromatic nitrogens is 4. The number of aromatic amines is 1. The molecule has 0 fully saturated rings. The molecule has 0 radical (unpaired) electrons. The van der Waals surface area contributed by atoms with Gasteiger partial charge in [0.15, 0.2) is 0 Å². The fourth-order valence-corrected chi connectivity index (χ4v) is 2.56. The molecule has 3 aromatic rings. The Kier molecular flexibility index (Phi) is 2.41. The molecule has 0 spiro atoms. The molecule has 0 atom stereocenters. The monoisotopic (exact) mass is 280 g/mol. The van der Waals surface area contributed by atoms with Crippen LogP contribution in [0.3, 0.4) is 0 Å². The lowest BCUT2D eigenvalue weighted by atomic mass is 10.2. The zero-order valence-electron chi connectivity index (χ0n) is 11.1. The van der Waals surface area contributed by atoms with Gasteiger partial charge in [-0.2, -0.15) is 0 Å². The number of carbonyl (C=O) groups is 1. The molecule has 7 nitrogen and oxygen atoms in total. The number of rotatable bonds is 1. The summed E-state index contributed by atoms with van der Waals surface area (Å²) in [6, 6.07) is 5.43. The Hall–Kier alpha value is -2.96. The van der Waals surface area contributed by atoms with Crippen LogP contribution in [0.1, 0.15) is 21.6 Å². The molecule has 3 N–H and O–H groups in total. The van der Waals surface area contributed by atoms with Crippen LogP contribution in [0, 0.1) is 0 Å². The average molecular weight is 280 g/mol. The van der Waals surface area contributed by atoms with Crippen molar-refractivity contribution < 1.29 is 4.79 Å². The molecule has 3 heterocycles. The first kappa shape index (κ1) is 11.8. The van der Waals surface area contributed by atoms with Crippen molar-refractivity contribution in [2.24, 2.45) is 0 Å². The summed E-state index contributed by atoms with van der Waals surface area (Å²) in [5.74, 6) is 0.199. The molecular weight excluding hydrogens is 268 g/mol. The topological polar surface area (TPSA) is 101 Å². The summed E-state index contributed by atoms with van der Waals surface area (Å²) in [7, 11) is 0. The summed E-state index contributed by atoms with van der Waals surface area (Å²) >= 11 is 0. The van der Waals surface area contributed by atoms with Gasteiger partial charge in [0.05, 0.1) is 29.6 Å². The SMILES string of the molecule is Nc1ncc2c(n1)CN(C(=O)c1ccc3nc[nH]c3c1)C2. The summed E-state index contributed by atoms with van der Waals surface area (Å²) in [5.41, 5.74) is 9.66. The van der Waals surface area contributed by atoms with E-state index >= 15 is 0 Å². The average Bonchev–Trinajstić information content (AvgIpc) is 3.11. The van der Waals surface area contributed by atoms with Crippen LogP contribution < -0.4 is 5.73 Å². The van der Waals surface area contributed by atoms with Crippen molar-refractivity contribution in [1.29, 1.82) is 0 Å². The van der Waals surface area contributed by atoms with Gasteiger partial charge in [-0.25, -0.2) is 15.0 Å². The highest BCUT2D eigenvalue weighted by Gasteiger charge is 2.26. The minimum atomic E-state index is -0.0388. The second kappa shape index (κ2) is 4.27. The third-order valence-electron chi connectivity index (χ3n) is 3.63. The molecule has 104 valence electrons. The van der Waals surface area contributed by atoms with Crippen molar-refractivity contribution in [3.8, 4) is 0 Å². The fourth-order valence-electron chi connectivity index (χ4n) is 2.56. The van der Waals surface area contributed by atoms with Crippen molar-refractivity contribution in [2.75, 3.05) is 5.73 Å². The maximum Gasteiger partial charge on any atom is 0.254 e. The summed E-state index contributed by atoms with van der Waals surface area (Å²) in [6.45, 7) is 0.970. The number of nitrogens with two attached hydrogens (primary N) is 1.